The molecule has 0 atom stereocenters. The van der Waals surface area contributed by atoms with E-state index in [9.17, 15) is 4.79 Å². The van der Waals surface area contributed by atoms with Gasteiger partial charge in [-0.1, -0.05) is 18.2 Å². The first kappa shape index (κ1) is 13.5. The van der Waals surface area contributed by atoms with Crippen LogP contribution in [0.3, 0.4) is 0 Å². The topological polar surface area (TPSA) is 81.6 Å². The minimum Gasteiger partial charge on any atom is -0.492 e. The maximum absolute atomic E-state index is 10.7. The lowest BCUT2D eigenvalue weighted by atomic mass is 10.2. The number of nitrogens with two attached hydrogens (primary N) is 2. The van der Waals surface area contributed by atoms with Crippen molar-refractivity contribution in [3.8, 4) is 5.75 Å². The quantitative estimate of drug-likeness (QED) is 0.696. The summed E-state index contributed by atoms with van der Waals surface area (Å²) >= 11 is 0. The first-order chi connectivity index (χ1) is 8.13. The van der Waals surface area contributed by atoms with Crippen molar-refractivity contribution in [3.05, 3.63) is 29.8 Å². The molecule has 0 saturated heterocycles. The predicted molar refractivity (Wildman–Crippen MR) is 66.5 cm³/mol. The largest absolute Gasteiger partial charge is 0.492 e. The second-order valence-electron chi connectivity index (χ2n) is 3.86. The van der Waals surface area contributed by atoms with Crippen LogP contribution in [0.15, 0.2) is 24.3 Å². The van der Waals surface area contributed by atoms with E-state index in [1.807, 2.05) is 36.2 Å². The summed E-state index contributed by atoms with van der Waals surface area (Å²) in [4.78, 5) is 12.5. The van der Waals surface area contributed by atoms with Crippen LogP contribution in [0.1, 0.15) is 5.56 Å². The Labute approximate surface area is 101 Å². The Kier molecular flexibility index (Phi) is 5.45. The fourth-order valence-electron chi connectivity index (χ4n) is 1.47. The zero-order chi connectivity index (χ0) is 12.7. The molecule has 0 unspecified atom stereocenters. The van der Waals surface area contributed by atoms with Gasteiger partial charge in [-0.25, -0.2) is 0 Å². The second-order valence-corrected chi connectivity index (χ2v) is 3.86. The van der Waals surface area contributed by atoms with Crippen molar-refractivity contribution in [2.75, 3.05) is 26.7 Å². The highest BCUT2D eigenvalue weighted by molar-refractivity contribution is 5.75. The Bertz CT molecular complexity index is 369. The van der Waals surface area contributed by atoms with Crippen LogP contribution >= 0.6 is 0 Å². The molecule has 1 aromatic rings. The molecule has 0 saturated carbocycles. The van der Waals surface area contributed by atoms with Crippen molar-refractivity contribution in [2.45, 2.75) is 6.54 Å². The number of para-hydroxylation sites is 1. The van der Waals surface area contributed by atoms with Crippen molar-refractivity contribution in [3.63, 3.8) is 0 Å². The number of benzene rings is 1. The number of amides is 1. The molecule has 0 radical (unpaired) electrons. The average Bonchev–Trinajstić information content (AvgIpc) is 2.28. The molecule has 1 aromatic carbocycles. The number of likely N-dealkylation sites (N-methyl/N-ethyl adjacent to an activating group) is 1. The van der Waals surface area contributed by atoms with Gasteiger partial charge in [0.2, 0.25) is 5.91 Å². The van der Waals surface area contributed by atoms with Gasteiger partial charge in [-0.3, -0.25) is 9.69 Å². The van der Waals surface area contributed by atoms with Gasteiger partial charge in [0.25, 0.3) is 0 Å². The lowest BCUT2D eigenvalue weighted by Crippen LogP contribution is -2.33. The molecule has 0 heterocycles. The normalized spacial score (nSPS) is 10.5. The van der Waals surface area contributed by atoms with E-state index < -0.39 is 0 Å². The smallest absolute Gasteiger partial charge is 0.231 e. The molecule has 0 fully saturated rings. The molecule has 0 aliphatic heterocycles. The molecular formula is C12H19N3O2. The molecule has 5 heteroatoms. The average molecular weight is 237 g/mol. The molecule has 94 valence electrons. The van der Waals surface area contributed by atoms with E-state index in [0.29, 0.717) is 19.7 Å². The standard InChI is InChI=1S/C12H19N3O2/c1-15(9-12(14)16)6-7-17-11-5-3-2-4-10(11)8-13/h2-5H,6-9,13H2,1H3,(H2,14,16). The molecule has 5 nitrogen and oxygen atoms in total. The van der Waals surface area contributed by atoms with E-state index in [-0.39, 0.29) is 12.5 Å². The summed E-state index contributed by atoms with van der Waals surface area (Å²) in [5.74, 6) is 0.456. The summed E-state index contributed by atoms with van der Waals surface area (Å²) < 4.78 is 5.61. The van der Waals surface area contributed by atoms with Crippen LogP contribution in [0.4, 0.5) is 0 Å². The first-order valence-corrected chi connectivity index (χ1v) is 5.51. The van der Waals surface area contributed by atoms with Gasteiger partial charge in [0.05, 0.1) is 6.54 Å². The molecule has 17 heavy (non-hydrogen) atoms. The summed E-state index contributed by atoms with van der Waals surface area (Å²) in [6.07, 6.45) is 0. The third-order valence-electron chi connectivity index (χ3n) is 2.35. The number of ether oxygens (including phenoxy) is 1. The van der Waals surface area contributed by atoms with E-state index >= 15 is 0 Å². The highest BCUT2D eigenvalue weighted by Crippen LogP contribution is 2.16. The van der Waals surface area contributed by atoms with Gasteiger partial charge in [-0.15, -0.1) is 0 Å². The first-order valence-electron chi connectivity index (χ1n) is 5.51. The number of carbonyl (C=O) groups excluding carboxylic acids is 1. The fourth-order valence-corrected chi connectivity index (χ4v) is 1.47. The van der Waals surface area contributed by atoms with Crippen LogP contribution < -0.4 is 16.2 Å². The summed E-state index contributed by atoms with van der Waals surface area (Å²) in [6, 6.07) is 7.65. The Balaban J connectivity index is 2.37. The van der Waals surface area contributed by atoms with Crippen molar-refractivity contribution < 1.29 is 9.53 Å². The number of nitrogens with zero attached hydrogens (tertiary/aromatic N) is 1. The van der Waals surface area contributed by atoms with Gasteiger partial charge in [0, 0.05) is 18.7 Å². The Morgan fingerprint density at radius 2 is 2.12 bits per heavy atom. The van der Waals surface area contributed by atoms with E-state index in [1.54, 1.807) is 0 Å². The summed E-state index contributed by atoms with van der Waals surface area (Å²) in [5.41, 5.74) is 11.7. The van der Waals surface area contributed by atoms with E-state index in [1.165, 1.54) is 0 Å². The lowest BCUT2D eigenvalue weighted by Gasteiger charge is -2.16. The number of rotatable bonds is 7. The van der Waals surface area contributed by atoms with E-state index in [4.69, 9.17) is 16.2 Å². The van der Waals surface area contributed by atoms with Crippen LogP contribution in [0, 0.1) is 0 Å². The third kappa shape index (κ3) is 4.84. The minimum absolute atomic E-state index is 0.238. The molecule has 0 bridgehead atoms. The summed E-state index contributed by atoms with van der Waals surface area (Å²) in [5, 5.41) is 0. The maximum atomic E-state index is 10.7. The number of carbonyl (C=O) groups is 1. The van der Waals surface area contributed by atoms with Crippen LogP contribution in [-0.4, -0.2) is 37.6 Å². The minimum atomic E-state index is -0.338. The second kappa shape index (κ2) is 6.88. The molecule has 1 amide bonds. The summed E-state index contributed by atoms with van der Waals surface area (Å²) in [6.45, 7) is 1.83. The zero-order valence-electron chi connectivity index (χ0n) is 10.1. The SMILES string of the molecule is CN(CCOc1ccccc1CN)CC(N)=O. The Hall–Kier alpha value is -1.59. The van der Waals surface area contributed by atoms with Gasteiger partial charge < -0.3 is 16.2 Å². The Morgan fingerprint density at radius 1 is 1.41 bits per heavy atom. The van der Waals surface area contributed by atoms with Crippen molar-refractivity contribution >= 4 is 5.91 Å². The van der Waals surface area contributed by atoms with Crippen LogP contribution in [0.2, 0.25) is 0 Å². The fraction of sp³-hybridized carbons (Fsp3) is 0.417. The van der Waals surface area contributed by atoms with E-state index in [0.717, 1.165) is 11.3 Å². The number of hydrogen-bond acceptors (Lipinski definition) is 4. The molecule has 0 aliphatic rings. The summed E-state index contributed by atoms with van der Waals surface area (Å²) in [7, 11) is 1.82. The van der Waals surface area contributed by atoms with Gasteiger partial charge in [-0.05, 0) is 13.1 Å². The molecule has 4 N–H and O–H groups in total. The highest BCUT2D eigenvalue weighted by Gasteiger charge is 2.04. The molecular weight excluding hydrogens is 218 g/mol. The highest BCUT2D eigenvalue weighted by atomic mass is 16.5. The lowest BCUT2D eigenvalue weighted by molar-refractivity contribution is -0.118. The number of primary amides is 1. The van der Waals surface area contributed by atoms with Crippen molar-refractivity contribution in [1.29, 1.82) is 0 Å². The zero-order valence-corrected chi connectivity index (χ0v) is 10.1. The van der Waals surface area contributed by atoms with Gasteiger partial charge in [0.1, 0.15) is 12.4 Å². The van der Waals surface area contributed by atoms with Crippen molar-refractivity contribution in [2.24, 2.45) is 11.5 Å². The molecule has 1 rings (SSSR count). The predicted octanol–water partition coefficient (Wildman–Crippen LogP) is -0.0588. The third-order valence-corrected chi connectivity index (χ3v) is 2.35. The Morgan fingerprint density at radius 3 is 2.76 bits per heavy atom. The number of hydrogen-bond donors (Lipinski definition) is 2. The van der Waals surface area contributed by atoms with E-state index in [2.05, 4.69) is 0 Å². The maximum Gasteiger partial charge on any atom is 0.231 e. The van der Waals surface area contributed by atoms with Gasteiger partial charge in [-0.2, -0.15) is 0 Å². The van der Waals surface area contributed by atoms with Gasteiger partial charge >= 0.3 is 0 Å². The molecule has 0 aliphatic carbocycles. The van der Waals surface area contributed by atoms with Crippen LogP contribution in [0.5, 0.6) is 5.75 Å². The van der Waals surface area contributed by atoms with Crippen molar-refractivity contribution in [1.82, 2.24) is 4.90 Å². The monoisotopic (exact) mass is 237 g/mol. The van der Waals surface area contributed by atoms with Gasteiger partial charge in [0.15, 0.2) is 0 Å². The van der Waals surface area contributed by atoms with Crippen LogP contribution in [-0.2, 0) is 11.3 Å². The van der Waals surface area contributed by atoms with Crippen LogP contribution in [0.25, 0.3) is 0 Å². The molecule has 0 spiro atoms. The molecule has 0 aromatic heterocycles.